The molecule has 0 saturated carbocycles. The molecule has 0 amide bonds. The largest absolute Gasteiger partial charge is 0.0616 e. The topological polar surface area (TPSA) is 0 Å². The first-order valence-corrected chi connectivity index (χ1v) is 7.76. The molecule has 4 aromatic carbocycles. The van der Waals surface area contributed by atoms with Crippen LogP contribution in [0.4, 0.5) is 0 Å². The van der Waals surface area contributed by atoms with Gasteiger partial charge in [-0.15, -0.1) is 0 Å². The quantitative estimate of drug-likeness (QED) is 0.430. The predicted molar refractivity (Wildman–Crippen MR) is 95.4 cm³/mol. The summed E-state index contributed by atoms with van der Waals surface area (Å²) in [5.41, 5.74) is 4.11. The molecule has 0 spiro atoms. The predicted octanol–water partition coefficient (Wildman–Crippen LogP) is 5.89. The molecule has 0 aliphatic heterocycles. The number of benzene rings is 4. The molecule has 0 aliphatic carbocycles. The summed E-state index contributed by atoms with van der Waals surface area (Å²) in [7, 11) is 0. The molecule has 0 radical (unpaired) electrons. The van der Waals surface area contributed by atoms with E-state index in [4.69, 9.17) is 0 Å². The van der Waals surface area contributed by atoms with Crippen LogP contribution in [0, 0.1) is 6.92 Å². The van der Waals surface area contributed by atoms with E-state index in [1.54, 1.807) is 0 Å². The van der Waals surface area contributed by atoms with E-state index in [-0.39, 0.29) is 0 Å². The lowest BCUT2D eigenvalue weighted by Crippen LogP contribution is -1.91. The van der Waals surface area contributed by atoms with Crippen LogP contribution in [0.25, 0.3) is 21.5 Å². The summed E-state index contributed by atoms with van der Waals surface area (Å²) in [5, 5.41) is 5.36. The Bertz CT molecular complexity index is 958. The molecular formula is C22H18. The maximum Gasteiger partial charge on any atom is -0.00135 e. The molecule has 0 aromatic heterocycles. The maximum atomic E-state index is 2.27. The molecule has 0 atom stereocenters. The summed E-state index contributed by atoms with van der Waals surface area (Å²) < 4.78 is 0. The molecule has 106 valence electrons. The number of hydrogen-bond donors (Lipinski definition) is 0. The average molecular weight is 282 g/mol. The fraction of sp³-hybridized carbons (Fsp3) is 0.0909. The molecule has 0 aliphatic rings. The van der Waals surface area contributed by atoms with Gasteiger partial charge in [0.2, 0.25) is 0 Å². The van der Waals surface area contributed by atoms with Gasteiger partial charge in [-0.3, -0.25) is 0 Å². The van der Waals surface area contributed by atoms with E-state index in [1.165, 1.54) is 38.2 Å². The fourth-order valence-corrected chi connectivity index (χ4v) is 3.28. The molecule has 0 bridgehead atoms. The monoisotopic (exact) mass is 282 g/mol. The Morgan fingerprint density at radius 2 is 1.23 bits per heavy atom. The highest BCUT2D eigenvalue weighted by Gasteiger charge is 2.05. The van der Waals surface area contributed by atoms with E-state index in [9.17, 15) is 0 Å². The second-order valence-corrected chi connectivity index (χ2v) is 5.96. The molecule has 0 fully saturated rings. The SMILES string of the molecule is Cc1ccc2c(Cc3cccc4ccccc34)cccc2c1. The highest BCUT2D eigenvalue weighted by Crippen LogP contribution is 2.26. The van der Waals surface area contributed by atoms with Crippen molar-refractivity contribution in [2.45, 2.75) is 13.3 Å². The third kappa shape index (κ3) is 2.27. The van der Waals surface area contributed by atoms with Crippen LogP contribution in [0.5, 0.6) is 0 Å². The van der Waals surface area contributed by atoms with Gasteiger partial charge in [-0.05, 0) is 46.0 Å². The molecule has 0 N–H and O–H groups in total. The van der Waals surface area contributed by atoms with Gasteiger partial charge in [-0.2, -0.15) is 0 Å². The zero-order valence-corrected chi connectivity index (χ0v) is 12.7. The van der Waals surface area contributed by atoms with Crippen molar-refractivity contribution >= 4 is 21.5 Å². The molecule has 0 heterocycles. The van der Waals surface area contributed by atoms with Gasteiger partial charge in [0.25, 0.3) is 0 Å². The Labute approximate surface area is 131 Å². The number of hydrogen-bond acceptors (Lipinski definition) is 0. The van der Waals surface area contributed by atoms with Crippen LogP contribution in [0.2, 0.25) is 0 Å². The summed E-state index contributed by atoms with van der Waals surface area (Å²) in [6, 6.07) is 28.6. The summed E-state index contributed by atoms with van der Waals surface area (Å²) in [4.78, 5) is 0. The van der Waals surface area contributed by atoms with Gasteiger partial charge >= 0.3 is 0 Å². The van der Waals surface area contributed by atoms with E-state index in [2.05, 4.69) is 85.8 Å². The molecule has 0 heteroatoms. The van der Waals surface area contributed by atoms with Crippen LogP contribution >= 0.6 is 0 Å². The first-order chi connectivity index (χ1) is 10.8. The van der Waals surface area contributed by atoms with Gasteiger partial charge in [0.15, 0.2) is 0 Å². The smallest absolute Gasteiger partial charge is 0.00135 e. The number of rotatable bonds is 2. The summed E-state index contributed by atoms with van der Waals surface area (Å²) >= 11 is 0. The van der Waals surface area contributed by atoms with Gasteiger partial charge in [-0.1, -0.05) is 84.4 Å². The van der Waals surface area contributed by atoms with E-state index in [1.807, 2.05) is 0 Å². The minimum atomic E-state index is 0.974. The van der Waals surface area contributed by atoms with Crippen LogP contribution in [0.3, 0.4) is 0 Å². The molecule has 4 rings (SSSR count). The second kappa shape index (κ2) is 5.31. The van der Waals surface area contributed by atoms with E-state index >= 15 is 0 Å². The summed E-state index contributed by atoms with van der Waals surface area (Å²) in [6.07, 6.45) is 0.974. The van der Waals surface area contributed by atoms with Crippen molar-refractivity contribution in [1.29, 1.82) is 0 Å². The van der Waals surface area contributed by atoms with Gasteiger partial charge < -0.3 is 0 Å². The molecule has 0 saturated heterocycles. The van der Waals surface area contributed by atoms with E-state index in [0.29, 0.717) is 0 Å². The lowest BCUT2D eigenvalue weighted by molar-refractivity contribution is 1.24. The van der Waals surface area contributed by atoms with Crippen LogP contribution in [0.15, 0.2) is 78.9 Å². The van der Waals surface area contributed by atoms with Crippen LogP contribution in [0.1, 0.15) is 16.7 Å². The average Bonchev–Trinajstić information content (AvgIpc) is 2.55. The fourth-order valence-electron chi connectivity index (χ4n) is 3.28. The van der Waals surface area contributed by atoms with Crippen molar-refractivity contribution < 1.29 is 0 Å². The molecule has 4 aromatic rings. The third-order valence-electron chi connectivity index (χ3n) is 4.39. The Morgan fingerprint density at radius 3 is 2.05 bits per heavy atom. The van der Waals surface area contributed by atoms with Crippen LogP contribution in [-0.2, 0) is 6.42 Å². The molecular weight excluding hydrogens is 264 g/mol. The minimum Gasteiger partial charge on any atom is -0.0616 e. The number of aryl methyl sites for hydroxylation is 1. The lowest BCUT2D eigenvalue weighted by Gasteiger charge is -2.10. The van der Waals surface area contributed by atoms with Gasteiger partial charge in [-0.25, -0.2) is 0 Å². The zero-order chi connectivity index (χ0) is 14.9. The molecule has 22 heavy (non-hydrogen) atoms. The zero-order valence-electron chi connectivity index (χ0n) is 12.7. The van der Waals surface area contributed by atoms with Gasteiger partial charge in [0, 0.05) is 0 Å². The highest BCUT2D eigenvalue weighted by molar-refractivity contribution is 5.89. The van der Waals surface area contributed by atoms with Crippen molar-refractivity contribution in [3.8, 4) is 0 Å². The summed E-state index contributed by atoms with van der Waals surface area (Å²) in [6.45, 7) is 2.15. The standard InChI is InChI=1S/C22H18/c1-16-12-13-22-18(14-16)8-5-10-20(22)15-19-9-4-7-17-6-2-3-11-21(17)19/h2-14H,15H2,1H3. The maximum absolute atomic E-state index is 2.27. The van der Waals surface area contributed by atoms with Crippen molar-refractivity contribution in [2.75, 3.05) is 0 Å². The lowest BCUT2D eigenvalue weighted by atomic mass is 9.94. The van der Waals surface area contributed by atoms with E-state index < -0.39 is 0 Å². The molecule has 0 unspecified atom stereocenters. The molecule has 0 nitrogen and oxygen atoms in total. The van der Waals surface area contributed by atoms with Crippen LogP contribution in [-0.4, -0.2) is 0 Å². The normalized spacial score (nSPS) is 11.1. The Balaban J connectivity index is 1.86. The third-order valence-corrected chi connectivity index (χ3v) is 4.39. The van der Waals surface area contributed by atoms with Crippen LogP contribution < -0.4 is 0 Å². The van der Waals surface area contributed by atoms with Gasteiger partial charge in [0.05, 0.1) is 0 Å². The Kier molecular flexibility index (Phi) is 3.16. The van der Waals surface area contributed by atoms with Crippen molar-refractivity contribution in [3.63, 3.8) is 0 Å². The second-order valence-electron chi connectivity index (χ2n) is 5.96. The van der Waals surface area contributed by atoms with E-state index in [0.717, 1.165) is 6.42 Å². The minimum absolute atomic E-state index is 0.974. The Hall–Kier alpha value is -2.60. The van der Waals surface area contributed by atoms with Gasteiger partial charge in [0.1, 0.15) is 0 Å². The summed E-state index contributed by atoms with van der Waals surface area (Å²) in [5.74, 6) is 0. The van der Waals surface area contributed by atoms with Crippen molar-refractivity contribution in [2.24, 2.45) is 0 Å². The number of fused-ring (bicyclic) bond motifs is 2. The van der Waals surface area contributed by atoms with Crippen molar-refractivity contribution in [1.82, 2.24) is 0 Å². The van der Waals surface area contributed by atoms with Crippen molar-refractivity contribution in [3.05, 3.63) is 95.6 Å². The first-order valence-electron chi connectivity index (χ1n) is 7.76. The highest BCUT2D eigenvalue weighted by atomic mass is 14.1. The first kappa shape index (κ1) is 13.1. The Morgan fingerprint density at radius 1 is 0.591 bits per heavy atom.